The van der Waals surface area contributed by atoms with Crippen LogP contribution in [0.4, 0.5) is 13.2 Å². The van der Waals surface area contributed by atoms with E-state index in [9.17, 15) is 13.2 Å². The van der Waals surface area contributed by atoms with Gasteiger partial charge in [-0.05, 0) is 24.3 Å². The molecule has 5 aromatic rings. The molecule has 1 N–H and O–H groups in total. The van der Waals surface area contributed by atoms with Gasteiger partial charge in [0.15, 0.2) is 17.5 Å². The number of fused-ring (bicyclic) bond motifs is 2. The molecule has 0 aliphatic heterocycles. The van der Waals surface area contributed by atoms with Gasteiger partial charge in [0.25, 0.3) is 0 Å². The summed E-state index contributed by atoms with van der Waals surface area (Å²) < 4.78 is 41.1. The van der Waals surface area contributed by atoms with Crippen molar-refractivity contribution in [1.29, 1.82) is 0 Å². The van der Waals surface area contributed by atoms with Crippen molar-refractivity contribution < 1.29 is 13.2 Å². The molecule has 0 atom stereocenters. The minimum absolute atomic E-state index is 0.0794. The predicted octanol–water partition coefficient (Wildman–Crippen LogP) is 5.92. The molecule has 0 aliphatic rings. The highest BCUT2D eigenvalue weighted by Crippen LogP contribution is 2.34. The third-order valence-corrected chi connectivity index (χ3v) is 5.33. The number of hydrogen-bond donors (Lipinski definition) is 1. The van der Waals surface area contributed by atoms with Crippen molar-refractivity contribution in [3.05, 3.63) is 71.8 Å². The third kappa shape index (κ3) is 2.43. The minimum atomic E-state index is -1.49. The van der Waals surface area contributed by atoms with Gasteiger partial charge in [0.2, 0.25) is 0 Å². The molecule has 7 heteroatoms. The van der Waals surface area contributed by atoms with Gasteiger partial charge in [0.05, 0.1) is 27.1 Å². The van der Waals surface area contributed by atoms with E-state index in [4.69, 9.17) is 0 Å². The van der Waals surface area contributed by atoms with Crippen LogP contribution in [0.25, 0.3) is 43.5 Å². The summed E-state index contributed by atoms with van der Waals surface area (Å²) in [6.07, 6.45) is 3.31. The summed E-state index contributed by atoms with van der Waals surface area (Å²) in [4.78, 5) is 12.5. The van der Waals surface area contributed by atoms with Gasteiger partial charge < -0.3 is 4.98 Å². The van der Waals surface area contributed by atoms with E-state index < -0.39 is 17.5 Å². The summed E-state index contributed by atoms with van der Waals surface area (Å²) in [5, 5.41) is 1.20. The Morgan fingerprint density at radius 1 is 0.926 bits per heavy atom. The molecule has 0 amide bonds. The minimum Gasteiger partial charge on any atom is -0.358 e. The fourth-order valence-electron chi connectivity index (χ4n) is 3.25. The van der Waals surface area contributed by atoms with Gasteiger partial charge >= 0.3 is 0 Å². The van der Waals surface area contributed by atoms with Crippen LogP contribution < -0.4 is 0 Å². The van der Waals surface area contributed by atoms with Crippen molar-refractivity contribution in [1.82, 2.24) is 15.0 Å². The van der Waals surface area contributed by atoms with Crippen molar-refractivity contribution in [2.24, 2.45) is 0 Å². The van der Waals surface area contributed by atoms with Gasteiger partial charge in [-0.3, -0.25) is 4.98 Å². The highest BCUT2D eigenvalue weighted by Gasteiger charge is 2.18. The van der Waals surface area contributed by atoms with Crippen molar-refractivity contribution in [2.75, 3.05) is 0 Å². The second-order valence-electron chi connectivity index (χ2n) is 6.05. The van der Waals surface area contributed by atoms with Crippen LogP contribution in [-0.4, -0.2) is 15.0 Å². The zero-order valence-corrected chi connectivity index (χ0v) is 14.4. The van der Waals surface area contributed by atoms with E-state index in [-0.39, 0.29) is 10.9 Å². The molecule has 3 aromatic heterocycles. The molecule has 0 radical (unpaired) electrons. The maximum Gasteiger partial charge on any atom is 0.196 e. The number of aromatic amines is 1. The van der Waals surface area contributed by atoms with E-state index in [1.54, 1.807) is 17.8 Å². The second kappa shape index (κ2) is 5.92. The van der Waals surface area contributed by atoms with E-state index in [0.29, 0.717) is 11.3 Å². The predicted molar refractivity (Wildman–Crippen MR) is 100 cm³/mol. The standard InChI is InChI=1S/C20H10F3N3S/c21-14-6-12-13(7-25-20(12)19(23)18(14)22)16-5-4-10-11(17-8-24-9-27-17)2-1-3-15(10)26-16/h1-9,25H. The first-order chi connectivity index (χ1) is 13.1. The Morgan fingerprint density at radius 3 is 2.63 bits per heavy atom. The van der Waals surface area contributed by atoms with Crippen LogP contribution >= 0.6 is 11.3 Å². The number of benzene rings is 2. The first-order valence-electron chi connectivity index (χ1n) is 8.07. The van der Waals surface area contributed by atoms with Gasteiger partial charge in [-0.25, -0.2) is 18.2 Å². The third-order valence-electron chi connectivity index (χ3n) is 4.52. The lowest BCUT2D eigenvalue weighted by molar-refractivity contribution is 0.453. The lowest BCUT2D eigenvalue weighted by Crippen LogP contribution is -1.92. The van der Waals surface area contributed by atoms with E-state index >= 15 is 0 Å². The van der Waals surface area contributed by atoms with Crippen molar-refractivity contribution in [3.8, 4) is 21.7 Å². The number of nitrogens with one attached hydrogen (secondary N) is 1. The summed E-state index contributed by atoms with van der Waals surface area (Å²) >= 11 is 1.54. The Labute approximate surface area is 155 Å². The quantitative estimate of drug-likeness (QED) is 0.386. The highest BCUT2D eigenvalue weighted by molar-refractivity contribution is 7.13. The molecule has 0 aliphatic carbocycles. The number of halogens is 3. The van der Waals surface area contributed by atoms with Gasteiger partial charge in [-0.1, -0.05) is 12.1 Å². The van der Waals surface area contributed by atoms with Crippen LogP contribution in [0.5, 0.6) is 0 Å². The first kappa shape index (κ1) is 16.0. The smallest absolute Gasteiger partial charge is 0.196 e. The van der Waals surface area contributed by atoms with Crippen LogP contribution in [0.15, 0.2) is 54.3 Å². The molecular weight excluding hydrogens is 371 g/mol. The average molecular weight is 381 g/mol. The number of hydrogen-bond acceptors (Lipinski definition) is 3. The maximum atomic E-state index is 14.0. The maximum absolute atomic E-state index is 14.0. The lowest BCUT2D eigenvalue weighted by Gasteiger charge is -2.06. The Balaban J connectivity index is 1.72. The molecule has 0 spiro atoms. The number of rotatable bonds is 2. The molecule has 27 heavy (non-hydrogen) atoms. The van der Waals surface area contributed by atoms with Gasteiger partial charge in [0.1, 0.15) is 0 Å². The average Bonchev–Trinajstić information content (AvgIpc) is 3.35. The van der Waals surface area contributed by atoms with Crippen molar-refractivity contribution in [3.63, 3.8) is 0 Å². The molecule has 0 unspecified atom stereocenters. The molecule has 0 bridgehead atoms. The summed E-state index contributed by atoms with van der Waals surface area (Å²) in [6, 6.07) is 10.5. The molecule has 0 saturated heterocycles. The SMILES string of the molecule is Fc1cc2c(-c3ccc4c(-c5cncs5)cccc4n3)c[nH]c2c(F)c1F. The van der Waals surface area contributed by atoms with Gasteiger partial charge in [-0.2, -0.15) is 0 Å². The van der Waals surface area contributed by atoms with E-state index in [2.05, 4.69) is 15.0 Å². The Morgan fingerprint density at radius 2 is 1.81 bits per heavy atom. The zero-order valence-electron chi connectivity index (χ0n) is 13.6. The Hall–Kier alpha value is -3.19. The van der Waals surface area contributed by atoms with Crippen LogP contribution in [0.2, 0.25) is 0 Å². The summed E-state index contributed by atoms with van der Waals surface area (Å²) in [5.74, 6) is -3.95. The first-order valence-corrected chi connectivity index (χ1v) is 8.95. The molecule has 0 fully saturated rings. The monoisotopic (exact) mass is 381 g/mol. The lowest BCUT2D eigenvalue weighted by atomic mass is 10.0. The number of pyridine rings is 1. The summed E-state index contributed by atoms with van der Waals surface area (Å²) in [6.45, 7) is 0. The fourth-order valence-corrected chi connectivity index (χ4v) is 3.91. The zero-order chi connectivity index (χ0) is 18.5. The molecule has 132 valence electrons. The van der Waals surface area contributed by atoms with E-state index in [1.165, 1.54) is 17.5 Å². The second-order valence-corrected chi connectivity index (χ2v) is 6.93. The number of thiazole rings is 1. The molecule has 3 heterocycles. The van der Waals surface area contributed by atoms with Crippen LogP contribution in [0.3, 0.4) is 0 Å². The van der Waals surface area contributed by atoms with Crippen molar-refractivity contribution >= 4 is 33.1 Å². The van der Waals surface area contributed by atoms with Crippen molar-refractivity contribution in [2.45, 2.75) is 0 Å². The highest BCUT2D eigenvalue weighted by atomic mass is 32.1. The molecular formula is C20H10F3N3S. The Kier molecular flexibility index (Phi) is 3.51. The van der Waals surface area contributed by atoms with Gasteiger partial charge in [-0.15, -0.1) is 11.3 Å². The number of nitrogens with zero attached hydrogens (tertiary/aromatic N) is 2. The normalized spacial score (nSPS) is 11.5. The fraction of sp³-hybridized carbons (Fsp3) is 0. The van der Waals surface area contributed by atoms with E-state index in [1.807, 2.05) is 24.3 Å². The topological polar surface area (TPSA) is 41.6 Å². The summed E-state index contributed by atoms with van der Waals surface area (Å²) in [7, 11) is 0. The molecule has 5 rings (SSSR count). The molecule has 0 saturated carbocycles. The molecule has 3 nitrogen and oxygen atoms in total. The Bertz CT molecular complexity index is 1310. The summed E-state index contributed by atoms with van der Waals surface area (Å²) in [5.41, 5.74) is 4.50. The number of H-pyrrole nitrogens is 1. The van der Waals surface area contributed by atoms with E-state index in [0.717, 1.165) is 27.4 Å². The largest absolute Gasteiger partial charge is 0.358 e. The van der Waals surface area contributed by atoms with Crippen LogP contribution in [-0.2, 0) is 0 Å². The number of aromatic nitrogens is 3. The van der Waals surface area contributed by atoms with Crippen LogP contribution in [0.1, 0.15) is 0 Å². The molecule has 2 aromatic carbocycles. The van der Waals surface area contributed by atoms with Crippen LogP contribution in [0, 0.1) is 17.5 Å². The van der Waals surface area contributed by atoms with Gasteiger partial charge in [0, 0.05) is 34.3 Å².